The summed E-state index contributed by atoms with van der Waals surface area (Å²) in [6.07, 6.45) is 4.24. The van der Waals surface area contributed by atoms with Crippen LogP contribution in [-0.4, -0.2) is 28.3 Å². The van der Waals surface area contributed by atoms with Crippen LogP contribution in [0.3, 0.4) is 0 Å². The third-order valence-electron chi connectivity index (χ3n) is 3.18. The molecule has 4 heteroatoms. The fourth-order valence-electron chi connectivity index (χ4n) is 2.36. The predicted octanol–water partition coefficient (Wildman–Crippen LogP) is 0.272. The highest BCUT2D eigenvalue weighted by atomic mass is 15.2. The molecule has 1 spiro atoms. The predicted molar refractivity (Wildman–Crippen MR) is 43.7 cm³/mol. The second-order valence-corrected chi connectivity index (χ2v) is 4.08. The van der Waals surface area contributed by atoms with Gasteiger partial charge in [0.15, 0.2) is 0 Å². The Bertz CT molecular complexity index is 267. The molecule has 0 atom stereocenters. The fraction of sp³-hybridized carbons (Fsp3) is 0.750. The summed E-state index contributed by atoms with van der Waals surface area (Å²) in [5.41, 5.74) is 0.636. The lowest BCUT2D eigenvalue weighted by molar-refractivity contribution is 0.0332. The van der Waals surface area contributed by atoms with Crippen LogP contribution in [0.2, 0.25) is 0 Å². The van der Waals surface area contributed by atoms with Gasteiger partial charge in [-0.3, -0.25) is 0 Å². The molecule has 2 heterocycles. The molecule has 0 aromatic carbocycles. The van der Waals surface area contributed by atoms with E-state index in [2.05, 4.69) is 20.5 Å². The Balaban J connectivity index is 1.69. The average Bonchev–Trinajstić information content (AvgIpc) is 2.32. The molecule has 1 aliphatic heterocycles. The molecule has 1 saturated carbocycles. The van der Waals surface area contributed by atoms with E-state index >= 15 is 0 Å². The minimum atomic E-state index is 0.636. The molecular formula is C8H12N4. The van der Waals surface area contributed by atoms with Gasteiger partial charge in [-0.1, -0.05) is 0 Å². The Labute approximate surface area is 70.8 Å². The third-order valence-corrected chi connectivity index (χ3v) is 3.18. The van der Waals surface area contributed by atoms with E-state index in [1.54, 1.807) is 6.33 Å². The zero-order valence-corrected chi connectivity index (χ0v) is 6.88. The van der Waals surface area contributed by atoms with Crippen molar-refractivity contribution < 1.29 is 0 Å². The van der Waals surface area contributed by atoms with Crippen molar-refractivity contribution in [3.05, 3.63) is 12.2 Å². The Kier molecular flexibility index (Phi) is 1.14. The Morgan fingerprint density at radius 2 is 2.25 bits per heavy atom. The molecule has 1 aromatic heterocycles. The van der Waals surface area contributed by atoms with Gasteiger partial charge >= 0.3 is 0 Å². The van der Waals surface area contributed by atoms with Crippen molar-refractivity contribution in [1.82, 2.24) is 20.5 Å². The number of rotatable bonds is 1. The van der Waals surface area contributed by atoms with Gasteiger partial charge in [0.2, 0.25) is 0 Å². The van der Waals surface area contributed by atoms with Crippen LogP contribution in [0.4, 0.5) is 0 Å². The molecule has 0 amide bonds. The van der Waals surface area contributed by atoms with Crippen LogP contribution in [0.25, 0.3) is 0 Å². The SMILES string of the molecule is c1nnc(C2CC3(CNC3)C2)[nH]1. The molecule has 4 nitrogen and oxygen atoms in total. The summed E-state index contributed by atoms with van der Waals surface area (Å²) in [4.78, 5) is 3.08. The zero-order chi connectivity index (χ0) is 8.02. The fourth-order valence-corrected chi connectivity index (χ4v) is 2.36. The van der Waals surface area contributed by atoms with E-state index in [0.717, 1.165) is 5.82 Å². The van der Waals surface area contributed by atoms with E-state index in [9.17, 15) is 0 Å². The van der Waals surface area contributed by atoms with Crippen LogP contribution < -0.4 is 5.32 Å². The van der Waals surface area contributed by atoms with Gasteiger partial charge < -0.3 is 10.3 Å². The topological polar surface area (TPSA) is 53.6 Å². The summed E-state index contributed by atoms with van der Waals surface area (Å²) in [6, 6.07) is 0. The standard InChI is InChI=1S/C8H12N4/c1-6(7-10-5-11-12-7)2-8(1)3-9-4-8/h5-6,9H,1-4H2,(H,10,11,12). The first-order chi connectivity index (χ1) is 5.88. The molecule has 3 rings (SSSR count). The second kappa shape index (κ2) is 2.07. The number of hydrogen-bond acceptors (Lipinski definition) is 3. The average molecular weight is 164 g/mol. The van der Waals surface area contributed by atoms with Gasteiger partial charge in [0.25, 0.3) is 0 Å². The summed E-state index contributed by atoms with van der Waals surface area (Å²) < 4.78 is 0. The third kappa shape index (κ3) is 0.756. The monoisotopic (exact) mass is 164 g/mol. The Morgan fingerprint density at radius 3 is 2.75 bits per heavy atom. The highest BCUT2D eigenvalue weighted by molar-refractivity contribution is 5.12. The van der Waals surface area contributed by atoms with E-state index in [-0.39, 0.29) is 0 Å². The van der Waals surface area contributed by atoms with Crippen LogP contribution in [0, 0.1) is 5.41 Å². The minimum Gasteiger partial charge on any atom is -0.331 e. The van der Waals surface area contributed by atoms with Crippen molar-refractivity contribution >= 4 is 0 Å². The zero-order valence-electron chi connectivity index (χ0n) is 6.88. The van der Waals surface area contributed by atoms with E-state index in [1.807, 2.05) is 0 Å². The Morgan fingerprint density at radius 1 is 1.42 bits per heavy atom. The van der Waals surface area contributed by atoms with Crippen molar-refractivity contribution in [1.29, 1.82) is 0 Å². The second-order valence-electron chi connectivity index (χ2n) is 4.08. The van der Waals surface area contributed by atoms with Crippen molar-refractivity contribution in [2.24, 2.45) is 5.41 Å². The number of aromatic amines is 1. The lowest BCUT2D eigenvalue weighted by Crippen LogP contribution is -2.59. The van der Waals surface area contributed by atoms with Crippen LogP contribution in [0.15, 0.2) is 6.33 Å². The maximum atomic E-state index is 4.04. The van der Waals surface area contributed by atoms with Gasteiger partial charge in [-0.15, -0.1) is 10.2 Å². The highest BCUT2D eigenvalue weighted by Gasteiger charge is 2.49. The maximum Gasteiger partial charge on any atom is 0.133 e. The molecule has 0 radical (unpaired) electrons. The number of nitrogens with zero attached hydrogens (tertiary/aromatic N) is 2. The van der Waals surface area contributed by atoms with Gasteiger partial charge in [0.05, 0.1) is 0 Å². The smallest absolute Gasteiger partial charge is 0.133 e. The van der Waals surface area contributed by atoms with Crippen LogP contribution in [-0.2, 0) is 0 Å². The molecular weight excluding hydrogens is 152 g/mol. The molecule has 2 fully saturated rings. The quantitative estimate of drug-likeness (QED) is 0.626. The summed E-state index contributed by atoms with van der Waals surface area (Å²) in [5, 5.41) is 11.2. The number of nitrogens with one attached hydrogen (secondary N) is 2. The van der Waals surface area contributed by atoms with Gasteiger partial charge in [-0.25, -0.2) is 0 Å². The van der Waals surface area contributed by atoms with Gasteiger partial charge in [-0.2, -0.15) is 0 Å². The number of hydrogen-bond donors (Lipinski definition) is 2. The van der Waals surface area contributed by atoms with Crippen LogP contribution in [0.1, 0.15) is 24.6 Å². The summed E-state index contributed by atoms with van der Waals surface area (Å²) in [6.45, 7) is 2.41. The molecule has 1 aliphatic carbocycles. The normalized spacial score (nSPS) is 26.7. The molecule has 64 valence electrons. The summed E-state index contributed by atoms with van der Waals surface area (Å²) >= 11 is 0. The highest BCUT2D eigenvalue weighted by Crippen LogP contribution is 2.52. The molecule has 2 N–H and O–H groups in total. The summed E-state index contributed by atoms with van der Waals surface area (Å²) in [5.74, 6) is 1.72. The van der Waals surface area contributed by atoms with E-state index in [0.29, 0.717) is 11.3 Å². The minimum absolute atomic E-state index is 0.636. The maximum absolute atomic E-state index is 4.04. The molecule has 1 saturated heterocycles. The molecule has 2 aliphatic rings. The molecule has 12 heavy (non-hydrogen) atoms. The van der Waals surface area contributed by atoms with Gasteiger partial charge in [0, 0.05) is 19.0 Å². The number of H-pyrrole nitrogens is 1. The lowest BCUT2D eigenvalue weighted by atomic mass is 9.58. The van der Waals surface area contributed by atoms with Crippen molar-refractivity contribution in [2.45, 2.75) is 18.8 Å². The van der Waals surface area contributed by atoms with E-state index < -0.39 is 0 Å². The number of aromatic nitrogens is 3. The Hall–Kier alpha value is -0.900. The van der Waals surface area contributed by atoms with E-state index in [4.69, 9.17) is 0 Å². The van der Waals surface area contributed by atoms with Crippen LogP contribution in [0.5, 0.6) is 0 Å². The first-order valence-electron chi connectivity index (χ1n) is 4.45. The molecule has 0 bridgehead atoms. The van der Waals surface area contributed by atoms with Crippen LogP contribution >= 0.6 is 0 Å². The van der Waals surface area contributed by atoms with Crippen molar-refractivity contribution in [3.63, 3.8) is 0 Å². The lowest BCUT2D eigenvalue weighted by Gasteiger charge is -2.53. The molecule has 1 aromatic rings. The first-order valence-corrected chi connectivity index (χ1v) is 4.45. The largest absolute Gasteiger partial charge is 0.331 e. The van der Waals surface area contributed by atoms with E-state index in [1.165, 1.54) is 25.9 Å². The van der Waals surface area contributed by atoms with Gasteiger partial charge in [-0.05, 0) is 18.3 Å². The molecule has 0 unspecified atom stereocenters. The van der Waals surface area contributed by atoms with Crippen molar-refractivity contribution in [2.75, 3.05) is 13.1 Å². The summed E-state index contributed by atoms with van der Waals surface area (Å²) in [7, 11) is 0. The van der Waals surface area contributed by atoms with Gasteiger partial charge in [0.1, 0.15) is 12.2 Å². The first kappa shape index (κ1) is 6.60. The van der Waals surface area contributed by atoms with Crippen molar-refractivity contribution in [3.8, 4) is 0 Å².